The van der Waals surface area contributed by atoms with Crippen LogP contribution in [0.15, 0.2) is 42.5 Å². The fraction of sp³-hybridized carbons (Fsp3) is 0.381. The Bertz CT molecular complexity index is 882. The molecule has 0 bridgehead atoms. The van der Waals surface area contributed by atoms with E-state index in [2.05, 4.69) is 5.32 Å². The summed E-state index contributed by atoms with van der Waals surface area (Å²) in [6.07, 6.45) is -1.32. The molecule has 3 N–H and O–H groups in total. The number of benzene rings is 1. The first-order valence-electron chi connectivity index (χ1n) is 9.56. The molecule has 0 spiro atoms. The predicted octanol–water partition coefficient (Wildman–Crippen LogP) is 2.27. The lowest BCUT2D eigenvalue weighted by Gasteiger charge is -2.23. The highest BCUT2D eigenvalue weighted by atomic mass is 16.7. The van der Waals surface area contributed by atoms with Crippen molar-refractivity contribution in [1.29, 1.82) is 0 Å². The van der Waals surface area contributed by atoms with E-state index in [-0.39, 0.29) is 19.4 Å². The number of rotatable bonds is 8. The zero-order valence-electron chi connectivity index (χ0n) is 17.5. The van der Waals surface area contributed by atoms with Crippen LogP contribution in [-0.2, 0) is 25.7 Å². The van der Waals surface area contributed by atoms with Gasteiger partial charge in [0, 0.05) is 12.1 Å². The third-order valence-corrected chi connectivity index (χ3v) is 3.83. The fourth-order valence-electron chi connectivity index (χ4n) is 2.43. The maximum atomic E-state index is 12.5. The SMILES string of the molecule is CC(C)(C)OC(=O)N[C@@H](CCC(=O)On1c(O)ccc1O)C(=O)OCc1ccccc1. The molecule has 1 aromatic carbocycles. The van der Waals surface area contributed by atoms with Crippen molar-refractivity contribution in [3.05, 3.63) is 48.0 Å². The Morgan fingerprint density at radius 2 is 1.65 bits per heavy atom. The Morgan fingerprint density at radius 3 is 2.23 bits per heavy atom. The number of aromatic hydroxyl groups is 2. The van der Waals surface area contributed by atoms with Crippen molar-refractivity contribution in [3.63, 3.8) is 0 Å². The van der Waals surface area contributed by atoms with E-state index in [4.69, 9.17) is 14.3 Å². The number of alkyl carbamates (subject to hydrolysis) is 1. The van der Waals surface area contributed by atoms with Crippen molar-refractivity contribution in [2.45, 2.75) is 51.9 Å². The van der Waals surface area contributed by atoms with Crippen molar-refractivity contribution >= 4 is 18.0 Å². The molecule has 2 aromatic rings. The van der Waals surface area contributed by atoms with Gasteiger partial charge in [-0.05, 0) is 32.8 Å². The number of ether oxygens (including phenoxy) is 2. The Labute approximate surface area is 179 Å². The van der Waals surface area contributed by atoms with Gasteiger partial charge in [0.15, 0.2) is 0 Å². The zero-order chi connectivity index (χ0) is 23.0. The molecule has 0 aliphatic rings. The van der Waals surface area contributed by atoms with Gasteiger partial charge < -0.3 is 29.8 Å². The zero-order valence-corrected chi connectivity index (χ0v) is 17.5. The Hall–Kier alpha value is -3.69. The highest BCUT2D eigenvalue weighted by molar-refractivity contribution is 5.82. The van der Waals surface area contributed by atoms with Crippen LogP contribution in [-0.4, -0.2) is 44.6 Å². The van der Waals surface area contributed by atoms with E-state index in [0.29, 0.717) is 4.73 Å². The minimum atomic E-state index is -1.18. The molecule has 0 aliphatic heterocycles. The molecular formula is C21H26N2O8. The van der Waals surface area contributed by atoms with Crippen LogP contribution in [0.4, 0.5) is 4.79 Å². The molecule has 2 rings (SSSR count). The lowest BCUT2D eigenvalue weighted by molar-refractivity contribution is -0.149. The maximum absolute atomic E-state index is 12.5. The third-order valence-electron chi connectivity index (χ3n) is 3.83. The van der Waals surface area contributed by atoms with E-state index >= 15 is 0 Å². The number of nitrogens with zero attached hydrogens (tertiary/aromatic N) is 1. The van der Waals surface area contributed by atoms with Gasteiger partial charge >= 0.3 is 18.0 Å². The molecule has 10 heteroatoms. The van der Waals surface area contributed by atoms with Crippen molar-refractivity contribution < 1.29 is 38.9 Å². The summed E-state index contributed by atoms with van der Waals surface area (Å²) in [4.78, 5) is 41.6. The Morgan fingerprint density at radius 1 is 1.03 bits per heavy atom. The molecule has 0 saturated carbocycles. The number of hydrogen-bond donors (Lipinski definition) is 3. The molecular weight excluding hydrogens is 408 g/mol. The van der Waals surface area contributed by atoms with E-state index < -0.39 is 41.4 Å². The number of esters is 1. The van der Waals surface area contributed by atoms with Gasteiger partial charge in [-0.2, -0.15) is 0 Å². The first kappa shape index (κ1) is 23.6. The largest absolute Gasteiger partial charge is 0.492 e. The van der Waals surface area contributed by atoms with Gasteiger partial charge in [0.05, 0.1) is 6.42 Å². The number of amides is 1. The van der Waals surface area contributed by atoms with Gasteiger partial charge in [0.2, 0.25) is 11.8 Å². The predicted molar refractivity (Wildman–Crippen MR) is 108 cm³/mol. The van der Waals surface area contributed by atoms with E-state index in [1.807, 2.05) is 6.07 Å². The molecule has 1 aromatic heterocycles. The van der Waals surface area contributed by atoms with Crippen LogP contribution in [0.5, 0.6) is 11.8 Å². The fourth-order valence-corrected chi connectivity index (χ4v) is 2.43. The normalized spacial score (nSPS) is 12.0. The summed E-state index contributed by atoms with van der Waals surface area (Å²) in [6, 6.07) is 10.0. The number of hydrogen-bond acceptors (Lipinski definition) is 8. The standard InChI is InChI=1S/C21H26N2O8/c1-21(2,3)30-20(28)22-15(19(27)29-13-14-7-5-4-6-8-14)9-12-18(26)31-23-16(24)10-11-17(23)25/h4-8,10-11,15,24-25H,9,12-13H2,1-3H3,(H,22,28)/t15-/m0/s1. The molecule has 1 atom stereocenters. The summed E-state index contributed by atoms with van der Waals surface area (Å²) in [6.45, 7) is 5.00. The minimum absolute atomic E-state index is 0.0122. The van der Waals surface area contributed by atoms with Crippen LogP contribution < -0.4 is 10.2 Å². The average Bonchev–Trinajstić information content (AvgIpc) is 3.00. The van der Waals surface area contributed by atoms with Crippen LogP contribution in [0, 0.1) is 0 Å². The second kappa shape index (κ2) is 10.4. The minimum Gasteiger partial charge on any atom is -0.492 e. The topological polar surface area (TPSA) is 136 Å². The van der Waals surface area contributed by atoms with Gasteiger partial charge in [0.1, 0.15) is 18.2 Å². The average molecular weight is 434 g/mol. The van der Waals surface area contributed by atoms with Crippen LogP contribution in [0.25, 0.3) is 0 Å². The second-order valence-electron chi connectivity index (χ2n) is 7.64. The summed E-state index contributed by atoms with van der Waals surface area (Å²) in [5, 5.41) is 21.5. The summed E-state index contributed by atoms with van der Waals surface area (Å²) in [7, 11) is 0. The molecule has 0 aliphatic carbocycles. The molecule has 10 nitrogen and oxygen atoms in total. The molecule has 0 radical (unpaired) electrons. The number of aromatic nitrogens is 1. The van der Waals surface area contributed by atoms with E-state index in [1.165, 1.54) is 0 Å². The van der Waals surface area contributed by atoms with Crippen LogP contribution >= 0.6 is 0 Å². The van der Waals surface area contributed by atoms with Crippen molar-refractivity contribution in [1.82, 2.24) is 10.0 Å². The lowest BCUT2D eigenvalue weighted by Crippen LogP contribution is -2.44. The van der Waals surface area contributed by atoms with Crippen molar-refractivity contribution in [2.75, 3.05) is 0 Å². The molecule has 168 valence electrons. The molecule has 0 fully saturated rings. The van der Waals surface area contributed by atoms with Crippen molar-refractivity contribution in [2.24, 2.45) is 0 Å². The van der Waals surface area contributed by atoms with Crippen LogP contribution in [0.1, 0.15) is 39.2 Å². The quantitative estimate of drug-likeness (QED) is 0.538. The van der Waals surface area contributed by atoms with Gasteiger partial charge in [-0.15, -0.1) is 4.73 Å². The summed E-state index contributed by atoms with van der Waals surface area (Å²) in [5.41, 5.74) is -0.0322. The summed E-state index contributed by atoms with van der Waals surface area (Å²) < 4.78 is 10.9. The first-order valence-corrected chi connectivity index (χ1v) is 9.56. The molecule has 0 saturated heterocycles. The molecule has 1 heterocycles. The second-order valence-corrected chi connectivity index (χ2v) is 7.64. The highest BCUT2D eigenvalue weighted by Gasteiger charge is 2.27. The molecule has 31 heavy (non-hydrogen) atoms. The van der Waals surface area contributed by atoms with E-state index in [0.717, 1.165) is 17.7 Å². The first-order chi connectivity index (χ1) is 14.5. The lowest BCUT2D eigenvalue weighted by atomic mass is 10.1. The van der Waals surface area contributed by atoms with Gasteiger partial charge in [-0.3, -0.25) is 0 Å². The van der Waals surface area contributed by atoms with Gasteiger partial charge in [-0.1, -0.05) is 30.3 Å². The maximum Gasteiger partial charge on any atom is 0.408 e. The highest BCUT2D eigenvalue weighted by Crippen LogP contribution is 2.19. The van der Waals surface area contributed by atoms with E-state index in [1.54, 1.807) is 45.0 Å². The molecule has 0 unspecified atom stereocenters. The smallest absolute Gasteiger partial charge is 0.408 e. The van der Waals surface area contributed by atoms with Gasteiger partial charge in [0.25, 0.3) is 0 Å². The Balaban J connectivity index is 1.99. The summed E-state index contributed by atoms with van der Waals surface area (Å²) in [5.74, 6) is -2.56. The Kier molecular flexibility index (Phi) is 7.89. The monoisotopic (exact) mass is 434 g/mol. The van der Waals surface area contributed by atoms with E-state index in [9.17, 15) is 24.6 Å². The number of carbonyl (C=O) groups is 3. The third kappa shape index (κ3) is 7.92. The van der Waals surface area contributed by atoms with Crippen molar-refractivity contribution in [3.8, 4) is 11.8 Å². The number of nitrogens with one attached hydrogen (secondary N) is 1. The molecule has 1 amide bonds. The number of carbonyl (C=O) groups excluding carboxylic acids is 3. The summed E-state index contributed by atoms with van der Waals surface area (Å²) >= 11 is 0. The van der Waals surface area contributed by atoms with Crippen LogP contribution in [0.3, 0.4) is 0 Å². The van der Waals surface area contributed by atoms with Gasteiger partial charge in [-0.25, -0.2) is 14.4 Å². The van der Waals surface area contributed by atoms with Crippen LogP contribution in [0.2, 0.25) is 0 Å².